The van der Waals surface area contributed by atoms with Crippen molar-refractivity contribution < 1.29 is 4.79 Å². The van der Waals surface area contributed by atoms with Crippen LogP contribution in [0.2, 0.25) is 5.02 Å². The van der Waals surface area contributed by atoms with Crippen LogP contribution in [0.15, 0.2) is 61.2 Å². The topological polar surface area (TPSA) is 77.6 Å². The van der Waals surface area contributed by atoms with Gasteiger partial charge in [0, 0.05) is 23.3 Å². The highest BCUT2D eigenvalue weighted by atomic mass is 35.5. The molecule has 7 nitrogen and oxygen atoms in total. The fourth-order valence-corrected chi connectivity index (χ4v) is 3.57. The summed E-state index contributed by atoms with van der Waals surface area (Å²) in [5.41, 5.74) is 3.98. The zero-order chi connectivity index (χ0) is 20.7. The Hall–Kier alpha value is -3.45. The Morgan fingerprint density at radius 1 is 1.17 bits per heavy atom. The number of pyridine rings is 1. The summed E-state index contributed by atoms with van der Waals surface area (Å²) in [4.78, 5) is 17.4. The van der Waals surface area contributed by atoms with Gasteiger partial charge in [0.1, 0.15) is 0 Å². The molecular weight excluding hydrogens is 400 g/mol. The fourth-order valence-electron chi connectivity index (χ4n) is 3.40. The highest BCUT2D eigenvalue weighted by Gasteiger charge is 2.33. The summed E-state index contributed by atoms with van der Waals surface area (Å²) >= 11 is 6.30. The van der Waals surface area contributed by atoms with Gasteiger partial charge in [-0.1, -0.05) is 17.7 Å². The molecule has 0 aliphatic heterocycles. The second-order valence-corrected chi connectivity index (χ2v) is 7.78. The van der Waals surface area contributed by atoms with Crippen molar-refractivity contribution in [1.82, 2.24) is 24.5 Å². The van der Waals surface area contributed by atoms with Crippen LogP contribution in [0, 0.1) is 6.92 Å². The molecule has 0 bridgehead atoms. The summed E-state index contributed by atoms with van der Waals surface area (Å²) in [6, 6.07) is 11.3. The molecular formula is C22H19ClN6O. The summed E-state index contributed by atoms with van der Waals surface area (Å²) in [7, 11) is 0. The van der Waals surface area contributed by atoms with Gasteiger partial charge in [-0.3, -0.25) is 4.79 Å². The van der Waals surface area contributed by atoms with E-state index in [1.807, 2.05) is 54.2 Å². The van der Waals surface area contributed by atoms with E-state index in [1.165, 1.54) is 0 Å². The van der Waals surface area contributed by atoms with E-state index in [9.17, 15) is 4.79 Å². The van der Waals surface area contributed by atoms with Gasteiger partial charge in [0.15, 0.2) is 5.82 Å². The molecule has 1 amide bonds. The zero-order valence-electron chi connectivity index (χ0n) is 16.3. The SMILES string of the molecule is Cc1ccc(-n2ncc(C(=O)Nc3ccc(-n4cccn4)nc3)c2C2CC2)cc1Cl. The number of hydrogen-bond donors (Lipinski definition) is 1. The van der Waals surface area contributed by atoms with E-state index in [4.69, 9.17) is 11.6 Å². The van der Waals surface area contributed by atoms with E-state index in [0.717, 1.165) is 29.8 Å². The summed E-state index contributed by atoms with van der Waals surface area (Å²) < 4.78 is 3.49. The lowest BCUT2D eigenvalue weighted by molar-refractivity contribution is 0.102. The second-order valence-electron chi connectivity index (χ2n) is 7.37. The number of hydrogen-bond acceptors (Lipinski definition) is 4. The molecule has 1 N–H and O–H groups in total. The number of benzene rings is 1. The largest absolute Gasteiger partial charge is 0.320 e. The molecule has 3 heterocycles. The Kier molecular flexibility index (Phi) is 4.59. The molecule has 0 saturated heterocycles. The minimum absolute atomic E-state index is 0.199. The molecule has 30 heavy (non-hydrogen) atoms. The van der Waals surface area contributed by atoms with Gasteiger partial charge in [-0.15, -0.1) is 0 Å². The van der Waals surface area contributed by atoms with Crippen molar-refractivity contribution in [2.75, 3.05) is 5.32 Å². The summed E-state index contributed by atoms with van der Waals surface area (Å²) in [6.07, 6.45) is 8.85. The van der Waals surface area contributed by atoms with Gasteiger partial charge in [-0.25, -0.2) is 14.3 Å². The van der Waals surface area contributed by atoms with E-state index in [1.54, 1.807) is 23.3 Å². The molecule has 8 heteroatoms. The van der Waals surface area contributed by atoms with E-state index >= 15 is 0 Å². The molecule has 5 rings (SSSR count). The highest BCUT2D eigenvalue weighted by Crippen LogP contribution is 2.42. The fraction of sp³-hybridized carbons (Fsp3) is 0.182. The number of halogens is 1. The number of nitrogens with one attached hydrogen (secondary N) is 1. The van der Waals surface area contributed by atoms with Gasteiger partial charge >= 0.3 is 0 Å². The van der Waals surface area contributed by atoms with Gasteiger partial charge in [-0.2, -0.15) is 10.2 Å². The Balaban J connectivity index is 1.42. The number of carbonyl (C=O) groups is 1. The van der Waals surface area contributed by atoms with Crippen molar-refractivity contribution in [3.05, 3.63) is 83.0 Å². The molecule has 0 atom stereocenters. The molecule has 0 radical (unpaired) electrons. The lowest BCUT2D eigenvalue weighted by Gasteiger charge is -2.11. The highest BCUT2D eigenvalue weighted by molar-refractivity contribution is 6.31. The van der Waals surface area contributed by atoms with Crippen molar-refractivity contribution in [3.8, 4) is 11.5 Å². The minimum Gasteiger partial charge on any atom is -0.320 e. The number of aryl methyl sites for hydroxylation is 1. The van der Waals surface area contributed by atoms with Gasteiger partial charge in [0.05, 0.1) is 35.0 Å². The molecule has 150 valence electrons. The third-order valence-corrected chi connectivity index (χ3v) is 5.57. The predicted molar refractivity (Wildman–Crippen MR) is 115 cm³/mol. The van der Waals surface area contributed by atoms with Crippen molar-refractivity contribution in [3.63, 3.8) is 0 Å². The predicted octanol–water partition coefficient (Wildman–Crippen LogP) is 4.54. The van der Waals surface area contributed by atoms with Crippen molar-refractivity contribution in [1.29, 1.82) is 0 Å². The van der Waals surface area contributed by atoms with E-state index in [0.29, 0.717) is 28.0 Å². The van der Waals surface area contributed by atoms with Crippen LogP contribution in [0.25, 0.3) is 11.5 Å². The van der Waals surface area contributed by atoms with Crippen LogP contribution in [0.5, 0.6) is 0 Å². The number of nitrogens with zero attached hydrogens (tertiary/aromatic N) is 5. The van der Waals surface area contributed by atoms with Gasteiger partial charge < -0.3 is 5.32 Å². The first-order valence-corrected chi connectivity index (χ1v) is 10.1. The van der Waals surface area contributed by atoms with Gasteiger partial charge in [0.2, 0.25) is 0 Å². The Morgan fingerprint density at radius 2 is 2.03 bits per heavy atom. The smallest absolute Gasteiger partial charge is 0.259 e. The Labute approximate surface area is 178 Å². The quantitative estimate of drug-likeness (QED) is 0.516. The minimum atomic E-state index is -0.199. The lowest BCUT2D eigenvalue weighted by Crippen LogP contribution is -2.14. The van der Waals surface area contributed by atoms with E-state index in [2.05, 4.69) is 20.5 Å². The molecule has 0 unspecified atom stereocenters. The maximum Gasteiger partial charge on any atom is 0.259 e. The van der Waals surface area contributed by atoms with Crippen LogP contribution in [0.1, 0.15) is 40.4 Å². The maximum atomic E-state index is 13.0. The number of carbonyl (C=O) groups excluding carboxylic acids is 1. The standard InChI is InChI=1S/C22H19ClN6O/c1-14-3-7-17(11-19(14)23)29-21(15-4-5-15)18(13-26-29)22(30)27-16-6-8-20(24-12-16)28-10-2-9-25-28/h2-3,6-13,15H,4-5H2,1H3,(H,27,30). The third-order valence-electron chi connectivity index (χ3n) is 5.16. The average molecular weight is 419 g/mol. The number of rotatable bonds is 5. The van der Waals surface area contributed by atoms with Crippen LogP contribution in [0.3, 0.4) is 0 Å². The van der Waals surface area contributed by atoms with Crippen molar-refractivity contribution in [2.24, 2.45) is 0 Å². The first kappa shape index (κ1) is 18.6. The Morgan fingerprint density at radius 3 is 2.70 bits per heavy atom. The lowest BCUT2D eigenvalue weighted by atomic mass is 10.1. The van der Waals surface area contributed by atoms with Crippen LogP contribution in [-0.2, 0) is 0 Å². The molecule has 4 aromatic rings. The Bertz CT molecular complexity index is 1210. The average Bonchev–Trinajstić information content (AvgIpc) is 3.26. The molecule has 1 aromatic carbocycles. The number of amides is 1. The van der Waals surface area contributed by atoms with Gasteiger partial charge in [0.25, 0.3) is 5.91 Å². The number of anilines is 1. The van der Waals surface area contributed by atoms with Crippen LogP contribution in [-0.4, -0.2) is 30.5 Å². The first-order valence-electron chi connectivity index (χ1n) is 9.72. The summed E-state index contributed by atoms with van der Waals surface area (Å²) in [6.45, 7) is 1.96. The normalized spacial score (nSPS) is 13.4. The van der Waals surface area contributed by atoms with E-state index in [-0.39, 0.29) is 5.91 Å². The van der Waals surface area contributed by atoms with E-state index < -0.39 is 0 Å². The molecule has 3 aromatic heterocycles. The summed E-state index contributed by atoms with van der Waals surface area (Å²) in [5, 5.41) is 12.3. The first-order chi connectivity index (χ1) is 14.6. The zero-order valence-corrected chi connectivity index (χ0v) is 17.0. The van der Waals surface area contributed by atoms with Crippen LogP contribution < -0.4 is 5.32 Å². The van der Waals surface area contributed by atoms with Gasteiger partial charge in [-0.05, 0) is 55.7 Å². The maximum absolute atomic E-state index is 13.0. The van der Waals surface area contributed by atoms with Crippen molar-refractivity contribution >= 4 is 23.2 Å². The van der Waals surface area contributed by atoms with Crippen molar-refractivity contribution in [2.45, 2.75) is 25.7 Å². The molecule has 1 aliphatic rings. The van der Waals surface area contributed by atoms with Crippen LogP contribution in [0.4, 0.5) is 5.69 Å². The molecule has 0 spiro atoms. The third kappa shape index (κ3) is 3.48. The summed E-state index contributed by atoms with van der Waals surface area (Å²) in [5.74, 6) is 0.810. The molecule has 1 saturated carbocycles. The molecule has 1 aliphatic carbocycles. The number of aromatic nitrogens is 5. The van der Waals surface area contributed by atoms with Crippen LogP contribution >= 0.6 is 11.6 Å². The second kappa shape index (κ2) is 7.42. The molecule has 1 fully saturated rings. The monoisotopic (exact) mass is 418 g/mol.